The van der Waals surface area contributed by atoms with Gasteiger partial charge in [-0.05, 0) is 59.7 Å². The molecule has 3 aromatic carbocycles. The zero-order valence-corrected chi connectivity index (χ0v) is 15.9. The zero-order chi connectivity index (χ0) is 20.4. The highest BCUT2D eigenvalue weighted by molar-refractivity contribution is 6.35. The van der Waals surface area contributed by atoms with Crippen molar-refractivity contribution in [2.45, 2.75) is 6.61 Å². The number of rotatable bonds is 5. The minimum Gasteiger partial charge on any atom is -0.489 e. The number of benzene rings is 3. The third-order valence-electron chi connectivity index (χ3n) is 4.56. The first-order valence-electron chi connectivity index (χ1n) is 8.88. The van der Waals surface area contributed by atoms with Gasteiger partial charge in [0.25, 0.3) is 0 Å². The van der Waals surface area contributed by atoms with E-state index in [0.29, 0.717) is 27.4 Å². The van der Waals surface area contributed by atoms with E-state index in [4.69, 9.17) is 21.4 Å². The van der Waals surface area contributed by atoms with Crippen LogP contribution in [0.3, 0.4) is 0 Å². The van der Waals surface area contributed by atoms with Gasteiger partial charge in [0, 0.05) is 17.1 Å². The van der Waals surface area contributed by atoms with E-state index in [2.05, 4.69) is 4.98 Å². The summed E-state index contributed by atoms with van der Waals surface area (Å²) in [5, 5.41) is 10.1. The Bertz CT molecular complexity index is 1260. The average Bonchev–Trinajstić information content (AvgIpc) is 2.73. The molecule has 0 radical (unpaired) electrons. The van der Waals surface area contributed by atoms with Gasteiger partial charge in [0.2, 0.25) is 0 Å². The molecule has 0 bridgehead atoms. The molecule has 6 heteroatoms. The molecule has 0 amide bonds. The summed E-state index contributed by atoms with van der Waals surface area (Å²) in [5.41, 5.74) is 2.98. The van der Waals surface area contributed by atoms with E-state index >= 15 is 0 Å². The molecule has 0 spiro atoms. The van der Waals surface area contributed by atoms with E-state index in [0.717, 1.165) is 11.1 Å². The number of aromatic amines is 1. The van der Waals surface area contributed by atoms with Gasteiger partial charge in [0.1, 0.15) is 12.4 Å². The lowest BCUT2D eigenvalue weighted by molar-refractivity contribution is 0.0696. The van der Waals surface area contributed by atoms with Gasteiger partial charge in [-0.1, -0.05) is 29.8 Å². The molecule has 29 heavy (non-hydrogen) atoms. The molecule has 0 aliphatic rings. The second-order valence-electron chi connectivity index (χ2n) is 6.53. The van der Waals surface area contributed by atoms with Gasteiger partial charge in [-0.3, -0.25) is 4.79 Å². The fraction of sp³-hybridized carbons (Fsp3) is 0.0435. The smallest absolute Gasteiger partial charge is 0.335 e. The van der Waals surface area contributed by atoms with E-state index in [1.54, 1.807) is 48.5 Å². The topological polar surface area (TPSA) is 79.4 Å². The Labute approximate surface area is 171 Å². The van der Waals surface area contributed by atoms with Crippen LogP contribution >= 0.6 is 11.6 Å². The zero-order valence-electron chi connectivity index (χ0n) is 15.2. The van der Waals surface area contributed by atoms with Crippen LogP contribution in [-0.2, 0) is 6.61 Å². The standard InChI is InChI=1S/C23H16ClNO4/c24-19-6-2-5-18-21(26)12-20(25-22(18)19)15-7-9-17(10-8-15)29-13-14-3-1-4-16(11-14)23(27)28/h1-12H,13H2,(H,25,26)(H,27,28). The number of fused-ring (bicyclic) bond motifs is 1. The Balaban J connectivity index is 1.55. The molecule has 5 nitrogen and oxygen atoms in total. The quantitative estimate of drug-likeness (QED) is 0.482. The number of carbonyl (C=O) groups is 1. The van der Waals surface area contributed by atoms with Gasteiger partial charge in [-0.15, -0.1) is 0 Å². The Hall–Kier alpha value is -3.57. The number of carboxylic acid groups (broad SMARTS) is 1. The van der Waals surface area contributed by atoms with Gasteiger partial charge in [0.15, 0.2) is 5.43 Å². The number of nitrogens with one attached hydrogen (secondary N) is 1. The normalized spacial score (nSPS) is 10.8. The van der Waals surface area contributed by atoms with E-state index in [-0.39, 0.29) is 17.6 Å². The fourth-order valence-electron chi connectivity index (χ4n) is 3.08. The molecule has 1 aromatic heterocycles. The van der Waals surface area contributed by atoms with Gasteiger partial charge in [0.05, 0.1) is 16.1 Å². The van der Waals surface area contributed by atoms with Crippen LogP contribution in [0.25, 0.3) is 22.2 Å². The van der Waals surface area contributed by atoms with Crippen LogP contribution in [0.4, 0.5) is 0 Å². The van der Waals surface area contributed by atoms with Crippen LogP contribution in [0.2, 0.25) is 5.02 Å². The highest BCUT2D eigenvalue weighted by Crippen LogP contribution is 2.25. The lowest BCUT2D eigenvalue weighted by atomic mass is 10.1. The maximum Gasteiger partial charge on any atom is 0.335 e. The molecule has 0 aliphatic carbocycles. The first-order chi connectivity index (χ1) is 14.0. The van der Waals surface area contributed by atoms with Crippen molar-refractivity contribution >= 4 is 28.5 Å². The minimum atomic E-state index is -0.972. The molecule has 1 heterocycles. The predicted molar refractivity (Wildman–Crippen MR) is 113 cm³/mol. The number of ether oxygens (including phenoxy) is 1. The maximum atomic E-state index is 12.4. The summed E-state index contributed by atoms with van der Waals surface area (Å²) >= 11 is 6.22. The molecule has 0 aliphatic heterocycles. The van der Waals surface area contributed by atoms with Gasteiger partial charge in [-0.2, -0.15) is 0 Å². The molecule has 0 saturated heterocycles. The summed E-state index contributed by atoms with van der Waals surface area (Å²) in [6, 6.07) is 20.7. The molecule has 4 rings (SSSR count). The lowest BCUT2D eigenvalue weighted by Gasteiger charge is -2.09. The summed E-state index contributed by atoms with van der Waals surface area (Å²) in [5.74, 6) is -0.337. The summed E-state index contributed by atoms with van der Waals surface area (Å²) in [6.45, 7) is 0.253. The van der Waals surface area contributed by atoms with Crippen molar-refractivity contribution in [3.8, 4) is 17.0 Å². The molecule has 2 N–H and O–H groups in total. The first kappa shape index (κ1) is 18.8. The Morgan fingerprint density at radius 1 is 1.00 bits per heavy atom. The highest BCUT2D eigenvalue weighted by atomic mass is 35.5. The van der Waals surface area contributed by atoms with Crippen molar-refractivity contribution in [3.63, 3.8) is 0 Å². The van der Waals surface area contributed by atoms with Gasteiger partial charge >= 0.3 is 5.97 Å². The molecular weight excluding hydrogens is 390 g/mol. The number of pyridine rings is 1. The maximum absolute atomic E-state index is 12.4. The Morgan fingerprint density at radius 3 is 2.52 bits per heavy atom. The number of hydrogen-bond acceptors (Lipinski definition) is 3. The Kier molecular flexibility index (Phi) is 5.06. The van der Waals surface area contributed by atoms with E-state index in [1.165, 1.54) is 6.07 Å². The number of carboxylic acids is 1. The molecule has 0 fully saturated rings. The average molecular weight is 406 g/mol. The summed E-state index contributed by atoms with van der Waals surface area (Å²) < 4.78 is 5.74. The van der Waals surface area contributed by atoms with Crippen LogP contribution in [0, 0.1) is 0 Å². The lowest BCUT2D eigenvalue weighted by Crippen LogP contribution is -2.03. The molecule has 4 aromatic rings. The molecular formula is C23H16ClNO4. The Morgan fingerprint density at radius 2 is 1.76 bits per heavy atom. The van der Waals surface area contributed by atoms with Gasteiger partial charge < -0.3 is 14.8 Å². The largest absolute Gasteiger partial charge is 0.489 e. The molecule has 0 unspecified atom stereocenters. The van der Waals surface area contributed by atoms with Crippen LogP contribution < -0.4 is 10.2 Å². The first-order valence-corrected chi connectivity index (χ1v) is 9.26. The predicted octanol–water partition coefficient (Wildman–Crippen LogP) is 5.13. The van der Waals surface area contributed by atoms with Crippen LogP contribution in [0.15, 0.2) is 77.6 Å². The van der Waals surface area contributed by atoms with Crippen molar-refractivity contribution in [1.29, 1.82) is 0 Å². The van der Waals surface area contributed by atoms with E-state index < -0.39 is 5.97 Å². The second-order valence-corrected chi connectivity index (χ2v) is 6.94. The summed E-state index contributed by atoms with van der Waals surface area (Å²) in [7, 11) is 0. The van der Waals surface area contributed by atoms with E-state index in [1.807, 2.05) is 18.2 Å². The number of H-pyrrole nitrogens is 1. The van der Waals surface area contributed by atoms with Gasteiger partial charge in [-0.25, -0.2) is 4.79 Å². The number of aromatic nitrogens is 1. The summed E-state index contributed by atoms with van der Waals surface area (Å²) in [6.07, 6.45) is 0. The van der Waals surface area contributed by atoms with E-state index in [9.17, 15) is 9.59 Å². The summed E-state index contributed by atoms with van der Waals surface area (Å²) in [4.78, 5) is 26.7. The van der Waals surface area contributed by atoms with Crippen molar-refractivity contribution in [3.05, 3.63) is 99.2 Å². The van der Waals surface area contributed by atoms with Crippen LogP contribution in [-0.4, -0.2) is 16.1 Å². The second kappa shape index (κ2) is 7.81. The molecule has 144 valence electrons. The third-order valence-corrected chi connectivity index (χ3v) is 4.87. The number of para-hydroxylation sites is 1. The van der Waals surface area contributed by atoms with Crippen molar-refractivity contribution in [2.75, 3.05) is 0 Å². The fourth-order valence-corrected chi connectivity index (χ4v) is 3.30. The highest BCUT2D eigenvalue weighted by Gasteiger charge is 2.08. The number of hydrogen-bond donors (Lipinski definition) is 2. The van der Waals surface area contributed by atoms with Crippen molar-refractivity contribution in [2.24, 2.45) is 0 Å². The molecule has 0 saturated carbocycles. The minimum absolute atomic E-state index is 0.102. The van der Waals surface area contributed by atoms with Crippen LogP contribution in [0.5, 0.6) is 5.75 Å². The number of aromatic carboxylic acids is 1. The van der Waals surface area contributed by atoms with Crippen LogP contribution in [0.1, 0.15) is 15.9 Å². The molecule has 0 atom stereocenters. The number of halogens is 1. The SMILES string of the molecule is O=C(O)c1cccc(COc2ccc(-c3cc(=O)c4cccc(Cl)c4[nH]3)cc2)c1. The third kappa shape index (κ3) is 4.00. The van der Waals surface area contributed by atoms with Crippen molar-refractivity contribution < 1.29 is 14.6 Å². The van der Waals surface area contributed by atoms with Crippen molar-refractivity contribution in [1.82, 2.24) is 4.98 Å². The monoisotopic (exact) mass is 405 g/mol.